The van der Waals surface area contributed by atoms with Crippen LogP contribution in [0.2, 0.25) is 0 Å². The van der Waals surface area contributed by atoms with E-state index in [0.717, 1.165) is 23.7 Å². The Kier molecular flexibility index (Phi) is 5.67. The Bertz CT molecular complexity index is 382. The Morgan fingerprint density at radius 3 is 2.74 bits per heavy atom. The topological polar surface area (TPSA) is 29.3 Å². The van der Waals surface area contributed by atoms with Gasteiger partial charge in [0.25, 0.3) is 0 Å². The summed E-state index contributed by atoms with van der Waals surface area (Å²) >= 11 is 1.79. The zero-order chi connectivity index (χ0) is 13.7. The van der Waals surface area contributed by atoms with Crippen molar-refractivity contribution in [3.63, 3.8) is 0 Å². The fourth-order valence-corrected chi connectivity index (χ4v) is 3.82. The maximum Gasteiger partial charge on any atom is 0.123 e. The van der Waals surface area contributed by atoms with Crippen LogP contribution in [0.3, 0.4) is 0 Å². The maximum absolute atomic E-state index is 12.8. The van der Waals surface area contributed by atoms with Gasteiger partial charge in [0.2, 0.25) is 0 Å². The van der Waals surface area contributed by atoms with Gasteiger partial charge in [-0.1, -0.05) is 6.42 Å². The third-order valence-corrected chi connectivity index (χ3v) is 5.01. The molecule has 2 rings (SSSR count). The number of nitrogens with two attached hydrogens (primary N) is 1. The Labute approximate surface area is 119 Å². The summed E-state index contributed by atoms with van der Waals surface area (Å²) in [5.74, 6) is 1.54. The van der Waals surface area contributed by atoms with Gasteiger partial charge in [0.15, 0.2) is 0 Å². The molecule has 19 heavy (non-hydrogen) atoms. The van der Waals surface area contributed by atoms with Gasteiger partial charge in [-0.2, -0.15) is 0 Å². The van der Waals surface area contributed by atoms with Gasteiger partial charge in [0, 0.05) is 23.2 Å². The Morgan fingerprint density at radius 1 is 1.32 bits per heavy atom. The molecule has 0 saturated heterocycles. The summed E-state index contributed by atoms with van der Waals surface area (Å²) in [7, 11) is 2.20. The summed E-state index contributed by atoms with van der Waals surface area (Å²) < 4.78 is 12.8. The van der Waals surface area contributed by atoms with E-state index >= 15 is 0 Å². The predicted molar refractivity (Wildman–Crippen MR) is 79.9 cm³/mol. The van der Waals surface area contributed by atoms with Gasteiger partial charge < -0.3 is 10.6 Å². The third kappa shape index (κ3) is 4.20. The first-order chi connectivity index (χ1) is 9.20. The van der Waals surface area contributed by atoms with Crippen molar-refractivity contribution in [2.24, 2.45) is 11.7 Å². The summed E-state index contributed by atoms with van der Waals surface area (Å²) in [6.07, 6.45) is 3.86. The van der Waals surface area contributed by atoms with Gasteiger partial charge >= 0.3 is 0 Å². The first-order valence-corrected chi connectivity index (χ1v) is 7.98. The average Bonchev–Trinajstić information content (AvgIpc) is 2.89. The molecule has 2 unspecified atom stereocenters. The number of thioether (sulfide) groups is 1. The van der Waals surface area contributed by atoms with Crippen molar-refractivity contribution in [2.75, 3.05) is 25.9 Å². The minimum absolute atomic E-state index is 0.168. The van der Waals surface area contributed by atoms with Crippen LogP contribution in [-0.2, 0) is 0 Å². The Hall–Kier alpha value is -0.580. The van der Waals surface area contributed by atoms with Crippen LogP contribution in [0.15, 0.2) is 29.2 Å². The summed E-state index contributed by atoms with van der Waals surface area (Å²) in [5, 5.41) is 0. The molecule has 0 radical (unpaired) electrons. The highest BCUT2D eigenvalue weighted by Gasteiger charge is 2.28. The molecule has 1 aliphatic rings. The first kappa shape index (κ1) is 14.8. The van der Waals surface area contributed by atoms with E-state index in [1.54, 1.807) is 11.8 Å². The Balaban J connectivity index is 1.74. The number of hydrogen-bond acceptors (Lipinski definition) is 3. The highest BCUT2D eigenvalue weighted by Crippen LogP contribution is 2.29. The van der Waals surface area contributed by atoms with E-state index in [0.29, 0.717) is 12.0 Å². The van der Waals surface area contributed by atoms with E-state index < -0.39 is 0 Å². The first-order valence-electron chi connectivity index (χ1n) is 6.99. The highest BCUT2D eigenvalue weighted by atomic mass is 32.2. The minimum atomic E-state index is -0.168. The van der Waals surface area contributed by atoms with Crippen LogP contribution in [0.5, 0.6) is 0 Å². The van der Waals surface area contributed by atoms with Crippen LogP contribution in [-0.4, -0.2) is 36.8 Å². The average molecular weight is 282 g/mol. The molecule has 0 bridgehead atoms. The molecular weight excluding hydrogens is 259 g/mol. The van der Waals surface area contributed by atoms with Gasteiger partial charge in [0.1, 0.15) is 5.82 Å². The monoisotopic (exact) mass is 282 g/mol. The van der Waals surface area contributed by atoms with Crippen molar-refractivity contribution in [1.29, 1.82) is 0 Å². The van der Waals surface area contributed by atoms with E-state index in [-0.39, 0.29) is 5.82 Å². The van der Waals surface area contributed by atoms with Crippen molar-refractivity contribution in [1.82, 2.24) is 4.90 Å². The molecule has 2 atom stereocenters. The van der Waals surface area contributed by atoms with Gasteiger partial charge in [-0.25, -0.2) is 4.39 Å². The third-order valence-electron chi connectivity index (χ3n) is 4.01. The number of hydrogen-bond donors (Lipinski definition) is 1. The quantitative estimate of drug-likeness (QED) is 0.813. The second-order valence-electron chi connectivity index (χ2n) is 5.28. The molecular formula is C15H23FN2S. The predicted octanol–water partition coefficient (Wildman–Crippen LogP) is 2.98. The van der Waals surface area contributed by atoms with E-state index in [2.05, 4.69) is 11.9 Å². The fourth-order valence-electron chi connectivity index (χ4n) is 2.88. The molecule has 106 valence electrons. The Morgan fingerprint density at radius 2 is 2.05 bits per heavy atom. The van der Waals surface area contributed by atoms with Crippen LogP contribution < -0.4 is 5.73 Å². The molecule has 2 N–H and O–H groups in total. The molecule has 0 spiro atoms. The second kappa shape index (κ2) is 7.27. The number of benzene rings is 1. The summed E-state index contributed by atoms with van der Waals surface area (Å²) in [4.78, 5) is 3.58. The lowest BCUT2D eigenvalue weighted by Crippen LogP contribution is -2.38. The van der Waals surface area contributed by atoms with Crippen molar-refractivity contribution in [2.45, 2.75) is 30.2 Å². The van der Waals surface area contributed by atoms with Crippen molar-refractivity contribution in [3.8, 4) is 0 Å². The molecule has 1 aromatic carbocycles. The van der Waals surface area contributed by atoms with Crippen molar-refractivity contribution >= 4 is 11.8 Å². The molecule has 0 heterocycles. The lowest BCUT2D eigenvalue weighted by atomic mass is 10.0. The van der Waals surface area contributed by atoms with Gasteiger partial charge in [0.05, 0.1) is 0 Å². The van der Waals surface area contributed by atoms with Crippen LogP contribution in [0, 0.1) is 11.7 Å². The van der Waals surface area contributed by atoms with Crippen LogP contribution in [0.1, 0.15) is 19.3 Å². The number of rotatable bonds is 6. The van der Waals surface area contributed by atoms with Crippen LogP contribution in [0.4, 0.5) is 4.39 Å². The lowest BCUT2D eigenvalue weighted by molar-refractivity contribution is 0.211. The van der Waals surface area contributed by atoms with Gasteiger partial charge in [-0.15, -0.1) is 11.8 Å². The summed E-state index contributed by atoms with van der Waals surface area (Å²) in [5.41, 5.74) is 5.83. The van der Waals surface area contributed by atoms with Gasteiger partial charge in [-0.05, 0) is 56.6 Å². The zero-order valence-electron chi connectivity index (χ0n) is 11.5. The SMILES string of the molecule is CN(CCSc1ccc(F)cc1)C1CCCC1CN. The van der Waals surface area contributed by atoms with Crippen LogP contribution in [0.25, 0.3) is 0 Å². The highest BCUT2D eigenvalue weighted by molar-refractivity contribution is 7.99. The molecule has 0 amide bonds. The summed E-state index contributed by atoms with van der Waals surface area (Å²) in [6, 6.07) is 7.39. The molecule has 1 saturated carbocycles. The maximum atomic E-state index is 12.8. The van der Waals surface area contributed by atoms with Crippen molar-refractivity contribution < 1.29 is 4.39 Å². The number of halogens is 1. The van der Waals surface area contributed by atoms with E-state index in [1.807, 2.05) is 12.1 Å². The standard InChI is InChI=1S/C15H23FN2S/c1-18(15-4-2-3-12(15)11-17)9-10-19-14-7-5-13(16)6-8-14/h5-8,12,15H,2-4,9-11,17H2,1H3. The second-order valence-corrected chi connectivity index (χ2v) is 6.45. The number of nitrogens with zero attached hydrogens (tertiary/aromatic N) is 1. The lowest BCUT2D eigenvalue weighted by Gasteiger charge is -2.28. The molecule has 0 aromatic heterocycles. The molecule has 0 aliphatic heterocycles. The molecule has 1 fully saturated rings. The summed E-state index contributed by atoms with van der Waals surface area (Å²) in [6.45, 7) is 1.86. The molecule has 4 heteroatoms. The molecule has 2 nitrogen and oxygen atoms in total. The minimum Gasteiger partial charge on any atom is -0.330 e. The largest absolute Gasteiger partial charge is 0.330 e. The molecule has 1 aliphatic carbocycles. The van der Waals surface area contributed by atoms with Crippen LogP contribution >= 0.6 is 11.8 Å². The normalized spacial score (nSPS) is 23.2. The van der Waals surface area contributed by atoms with E-state index in [1.165, 1.54) is 31.4 Å². The van der Waals surface area contributed by atoms with Gasteiger partial charge in [-0.3, -0.25) is 0 Å². The molecule has 1 aromatic rings. The fraction of sp³-hybridized carbons (Fsp3) is 0.600. The zero-order valence-corrected chi connectivity index (χ0v) is 12.3. The smallest absolute Gasteiger partial charge is 0.123 e. The van der Waals surface area contributed by atoms with E-state index in [9.17, 15) is 4.39 Å². The van der Waals surface area contributed by atoms with Crippen molar-refractivity contribution in [3.05, 3.63) is 30.1 Å². The van der Waals surface area contributed by atoms with E-state index in [4.69, 9.17) is 5.73 Å².